The summed E-state index contributed by atoms with van der Waals surface area (Å²) in [6.45, 7) is 4.31. The first-order valence-corrected chi connectivity index (χ1v) is 12.5. The first kappa shape index (κ1) is 26.0. The highest BCUT2D eigenvalue weighted by atomic mass is 32.2. The highest BCUT2D eigenvalue weighted by Crippen LogP contribution is 2.28. The van der Waals surface area contributed by atoms with Crippen molar-refractivity contribution in [2.45, 2.75) is 108 Å². The molecule has 0 radical (unpaired) electrons. The molecule has 0 heterocycles. The van der Waals surface area contributed by atoms with E-state index in [0.717, 1.165) is 17.7 Å². The Kier molecular flexibility index (Phi) is 14.2. The van der Waals surface area contributed by atoms with E-state index in [1.807, 2.05) is 31.2 Å². The number of carbonyl (C=O) groups is 1. The Bertz CT molecular complexity index is 544. The summed E-state index contributed by atoms with van der Waals surface area (Å²) < 4.78 is 4.88. The van der Waals surface area contributed by atoms with E-state index in [9.17, 15) is 9.90 Å². The van der Waals surface area contributed by atoms with Gasteiger partial charge in [0, 0.05) is 10.6 Å². The van der Waals surface area contributed by atoms with Crippen molar-refractivity contribution in [2.75, 3.05) is 12.9 Å². The third-order valence-corrected chi connectivity index (χ3v) is 6.74. The third-order valence-electron chi connectivity index (χ3n) is 5.51. The van der Waals surface area contributed by atoms with Gasteiger partial charge in [-0.25, -0.2) is 4.79 Å². The topological polar surface area (TPSA) is 46.5 Å². The summed E-state index contributed by atoms with van der Waals surface area (Å²) in [6, 6.07) is 8.15. The minimum atomic E-state index is -1.40. The molecule has 0 aliphatic rings. The summed E-state index contributed by atoms with van der Waals surface area (Å²) in [5.74, 6) is -0.180. The summed E-state index contributed by atoms with van der Waals surface area (Å²) in [7, 11) is 1.35. The average Bonchev–Trinajstić information content (AvgIpc) is 2.73. The molecule has 0 spiro atoms. The number of methoxy groups -OCH3 is 1. The zero-order valence-corrected chi connectivity index (χ0v) is 19.7. The smallest absolute Gasteiger partial charge is 0.338 e. The maximum absolute atomic E-state index is 12.2. The lowest BCUT2D eigenvalue weighted by atomic mass is 9.97. The molecule has 3 nitrogen and oxygen atoms in total. The van der Waals surface area contributed by atoms with Crippen molar-refractivity contribution in [1.82, 2.24) is 0 Å². The van der Waals surface area contributed by atoms with Crippen molar-refractivity contribution in [3.05, 3.63) is 29.8 Å². The van der Waals surface area contributed by atoms with Crippen LogP contribution < -0.4 is 0 Å². The lowest BCUT2D eigenvalue weighted by Gasteiger charge is -2.25. The molecule has 1 N–H and O–H groups in total. The number of aryl methyl sites for hydroxylation is 1. The Labute approximate surface area is 183 Å². The number of rotatable bonds is 17. The molecular weight excluding hydrogens is 380 g/mol. The largest absolute Gasteiger partial charge is 0.467 e. The van der Waals surface area contributed by atoms with Crippen LogP contribution in [-0.4, -0.2) is 29.5 Å². The van der Waals surface area contributed by atoms with E-state index in [-0.39, 0.29) is 0 Å². The van der Waals surface area contributed by atoms with Gasteiger partial charge in [-0.2, -0.15) is 0 Å². The molecule has 0 saturated carbocycles. The maximum atomic E-state index is 12.2. The van der Waals surface area contributed by atoms with Crippen LogP contribution in [-0.2, 0) is 9.53 Å². The van der Waals surface area contributed by atoms with Crippen LogP contribution in [0.15, 0.2) is 29.2 Å². The molecule has 29 heavy (non-hydrogen) atoms. The molecule has 4 heteroatoms. The van der Waals surface area contributed by atoms with Crippen LogP contribution in [0.5, 0.6) is 0 Å². The van der Waals surface area contributed by atoms with Gasteiger partial charge in [-0.3, -0.25) is 0 Å². The molecule has 166 valence electrons. The second-order valence-electron chi connectivity index (χ2n) is 8.26. The van der Waals surface area contributed by atoms with Crippen molar-refractivity contribution in [1.29, 1.82) is 0 Å². The summed E-state index contributed by atoms with van der Waals surface area (Å²) >= 11 is 1.51. The number of ether oxygens (including phenoxy) is 1. The Hall–Kier alpha value is -1.00. The van der Waals surface area contributed by atoms with E-state index < -0.39 is 11.6 Å². The van der Waals surface area contributed by atoms with Gasteiger partial charge in [0.25, 0.3) is 0 Å². The molecule has 0 fully saturated rings. The predicted octanol–water partition coefficient (Wildman–Crippen LogP) is 7.08. The van der Waals surface area contributed by atoms with Gasteiger partial charge in [0.2, 0.25) is 0 Å². The zero-order valence-electron chi connectivity index (χ0n) is 18.9. The van der Waals surface area contributed by atoms with Crippen molar-refractivity contribution in [3.63, 3.8) is 0 Å². The molecule has 1 aromatic rings. The van der Waals surface area contributed by atoms with Gasteiger partial charge in [-0.05, 0) is 31.9 Å². The minimum absolute atomic E-state index is 0.334. The molecule has 1 aromatic carbocycles. The molecular formula is C25H42O3S. The lowest BCUT2D eigenvalue weighted by Crippen LogP contribution is -2.42. The molecule has 0 aliphatic carbocycles. The number of hydrogen-bond donors (Lipinski definition) is 1. The highest BCUT2D eigenvalue weighted by molar-refractivity contribution is 7.99. The average molecular weight is 423 g/mol. The number of thioether (sulfide) groups is 1. The molecule has 0 saturated heterocycles. The monoisotopic (exact) mass is 422 g/mol. The van der Waals surface area contributed by atoms with Crippen LogP contribution >= 0.6 is 11.8 Å². The SMILES string of the molecule is CCCCCCCCCCCCCC[C@@](O)(CSc1ccc(C)cc1)C(=O)OC. The Morgan fingerprint density at radius 2 is 1.38 bits per heavy atom. The third kappa shape index (κ3) is 11.7. The standard InChI is InChI=1S/C25H42O3S/c1-4-5-6-7-8-9-10-11-12-13-14-15-20-25(27,24(26)28-3)21-29-23-18-16-22(2)17-19-23/h16-19,27H,4-15,20-21H2,1-3H3/t25-/m1/s1. The fraction of sp³-hybridized carbons (Fsp3) is 0.720. The maximum Gasteiger partial charge on any atom is 0.338 e. The second kappa shape index (κ2) is 15.8. The number of carbonyl (C=O) groups excluding carboxylic acids is 1. The number of hydrogen-bond acceptors (Lipinski definition) is 4. The Morgan fingerprint density at radius 1 is 0.897 bits per heavy atom. The molecule has 0 bridgehead atoms. The molecule has 0 aliphatic heterocycles. The van der Waals surface area contributed by atoms with Crippen LogP contribution in [0.25, 0.3) is 0 Å². The number of aliphatic hydroxyl groups is 1. The van der Waals surface area contributed by atoms with Gasteiger partial charge in [-0.1, -0.05) is 95.2 Å². The van der Waals surface area contributed by atoms with E-state index in [4.69, 9.17) is 4.74 Å². The summed E-state index contributed by atoms with van der Waals surface area (Å²) in [5.41, 5.74) is -0.197. The fourth-order valence-corrected chi connectivity index (χ4v) is 4.51. The van der Waals surface area contributed by atoms with Crippen molar-refractivity contribution in [2.24, 2.45) is 0 Å². The molecule has 1 rings (SSSR count). The lowest BCUT2D eigenvalue weighted by molar-refractivity contribution is -0.160. The fourth-order valence-electron chi connectivity index (χ4n) is 3.52. The Morgan fingerprint density at radius 3 is 1.86 bits per heavy atom. The first-order chi connectivity index (χ1) is 14.0. The quantitative estimate of drug-likeness (QED) is 0.165. The first-order valence-electron chi connectivity index (χ1n) is 11.5. The van der Waals surface area contributed by atoms with E-state index >= 15 is 0 Å². The van der Waals surface area contributed by atoms with E-state index in [1.165, 1.54) is 88.6 Å². The van der Waals surface area contributed by atoms with Gasteiger partial charge in [0.15, 0.2) is 5.60 Å². The normalized spacial score (nSPS) is 13.2. The predicted molar refractivity (Wildman–Crippen MR) is 125 cm³/mol. The van der Waals surface area contributed by atoms with E-state index in [2.05, 4.69) is 6.92 Å². The number of benzene rings is 1. The van der Waals surface area contributed by atoms with Crippen LogP contribution in [0.3, 0.4) is 0 Å². The minimum Gasteiger partial charge on any atom is -0.467 e. The van der Waals surface area contributed by atoms with Crippen molar-refractivity contribution in [3.8, 4) is 0 Å². The van der Waals surface area contributed by atoms with E-state index in [0.29, 0.717) is 12.2 Å². The van der Waals surface area contributed by atoms with Crippen LogP contribution in [0, 0.1) is 6.92 Å². The molecule has 0 aromatic heterocycles. The van der Waals surface area contributed by atoms with Crippen LogP contribution in [0.2, 0.25) is 0 Å². The van der Waals surface area contributed by atoms with Gasteiger partial charge in [-0.15, -0.1) is 11.8 Å². The molecule has 1 atom stereocenters. The summed E-state index contributed by atoms with van der Waals surface area (Å²) in [4.78, 5) is 13.2. The number of esters is 1. The molecule has 0 amide bonds. The molecule has 0 unspecified atom stereocenters. The van der Waals surface area contributed by atoms with Gasteiger partial charge in [0.05, 0.1) is 7.11 Å². The van der Waals surface area contributed by atoms with E-state index in [1.54, 1.807) is 0 Å². The van der Waals surface area contributed by atoms with Gasteiger partial charge >= 0.3 is 5.97 Å². The second-order valence-corrected chi connectivity index (χ2v) is 9.31. The Balaban J connectivity index is 2.19. The van der Waals surface area contributed by atoms with Gasteiger partial charge in [0.1, 0.15) is 0 Å². The highest BCUT2D eigenvalue weighted by Gasteiger charge is 2.36. The zero-order chi connectivity index (χ0) is 21.4. The van der Waals surface area contributed by atoms with Gasteiger partial charge < -0.3 is 9.84 Å². The summed E-state index contributed by atoms with van der Waals surface area (Å²) in [6.07, 6.45) is 15.7. The van der Waals surface area contributed by atoms with Crippen LogP contribution in [0.4, 0.5) is 0 Å². The summed E-state index contributed by atoms with van der Waals surface area (Å²) in [5, 5.41) is 10.9. The van der Waals surface area contributed by atoms with Crippen molar-refractivity contribution < 1.29 is 14.6 Å². The van der Waals surface area contributed by atoms with Crippen molar-refractivity contribution >= 4 is 17.7 Å². The number of unbranched alkanes of at least 4 members (excludes halogenated alkanes) is 11. The van der Waals surface area contributed by atoms with Crippen LogP contribution in [0.1, 0.15) is 96.0 Å².